The highest BCUT2D eigenvalue weighted by atomic mass is 16.5. The first kappa shape index (κ1) is 36.7. The average molecular weight is 731 g/mol. The Morgan fingerprint density at radius 2 is 0.571 bits per heavy atom. The summed E-state index contributed by atoms with van der Waals surface area (Å²) in [6.45, 7) is 0.903. The van der Waals surface area contributed by atoms with Gasteiger partial charge in [0.05, 0.1) is 0 Å². The maximum Gasteiger partial charge on any atom is 0.150 e. The van der Waals surface area contributed by atoms with Crippen LogP contribution in [0.15, 0.2) is 133 Å². The van der Waals surface area contributed by atoms with E-state index in [1.807, 2.05) is 111 Å². The molecule has 6 heteroatoms. The van der Waals surface area contributed by atoms with E-state index in [1.54, 1.807) is 0 Å². The van der Waals surface area contributed by atoms with E-state index in [4.69, 9.17) is 18.9 Å². The lowest BCUT2D eigenvalue weighted by atomic mass is 9.96. The Hall–Kier alpha value is -7.64. The zero-order valence-electron chi connectivity index (χ0n) is 31.2. The molecule has 0 fully saturated rings. The van der Waals surface area contributed by atoms with Crippen LogP contribution in [-0.4, -0.2) is 40.5 Å². The Kier molecular flexibility index (Phi) is 12.1. The molecule has 7 aliphatic heterocycles. The Morgan fingerprint density at radius 1 is 0.339 bits per heavy atom. The summed E-state index contributed by atoms with van der Waals surface area (Å²) in [5.74, 6) is 26.2. The van der Waals surface area contributed by atoms with Gasteiger partial charge < -0.3 is 29.6 Å². The highest BCUT2D eigenvalue weighted by molar-refractivity contribution is 5.91. The number of ether oxygens (including phenoxy) is 4. The first-order valence-electron chi connectivity index (χ1n) is 18.2. The predicted octanol–water partition coefficient (Wildman–Crippen LogP) is 9.68. The Labute approximate surface area is 328 Å². The summed E-state index contributed by atoms with van der Waals surface area (Å²) in [7, 11) is 3.87. The monoisotopic (exact) mass is 730 g/mol. The maximum absolute atomic E-state index is 5.86. The molecule has 272 valence electrons. The van der Waals surface area contributed by atoms with Crippen molar-refractivity contribution in [3.05, 3.63) is 133 Å². The number of hydrogen-bond acceptors (Lipinski definition) is 6. The number of hydrogen-bond donors (Lipinski definition) is 2. The van der Waals surface area contributed by atoms with Crippen LogP contribution in [-0.2, 0) is 0 Å². The van der Waals surface area contributed by atoms with Crippen molar-refractivity contribution in [2.75, 3.05) is 51.2 Å². The second-order valence-corrected chi connectivity index (χ2v) is 12.4. The maximum atomic E-state index is 5.86. The molecule has 0 radical (unpaired) electrons. The van der Waals surface area contributed by atoms with E-state index < -0.39 is 0 Å². The van der Waals surface area contributed by atoms with E-state index in [0.29, 0.717) is 0 Å². The van der Waals surface area contributed by atoms with Gasteiger partial charge >= 0.3 is 0 Å². The average Bonchev–Trinajstić information content (AvgIpc) is 3.25. The second kappa shape index (κ2) is 18.4. The Bertz CT molecular complexity index is 2190. The van der Waals surface area contributed by atoms with Gasteiger partial charge in [-0.1, -0.05) is 84.9 Å². The second-order valence-electron chi connectivity index (χ2n) is 12.4. The molecule has 0 atom stereocenters. The summed E-state index contributed by atoms with van der Waals surface area (Å²) in [5, 5.41) is 6.81. The topological polar surface area (TPSA) is 61.0 Å². The van der Waals surface area contributed by atoms with Crippen LogP contribution in [0.25, 0.3) is 44.5 Å². The quantitative estimate of drug-likeness (QED) is 0.173. The van der Waals surface area contributed by atoms with Crippen LogP contribution in [0.5, 0.6) is 23.0 Å². The van der Waals surface area contributed by atoms with E-state index in [1.165, 1.54) is 0 Å². The predicted molar refractivity (Wildman–Crippen MR) is 227 cm³/mol. The molecule has 0 aliphatic carbocycles. The van der Waals surface area contributed by atoms with Crippen molar-refractivity contribution in [2.45, 2.75) is 0 Å². The molecule has 0 saturated carbocycles. The zero-order valence-corrected chi connectivity index (χ0v) is 31.2. The standard InChI is InChI=1S/C50H38N2O4/c1-51-49-45-13-11-14-46(49)38-19-27-42(28-20-38)54-34-8-4-6-10-36-56-44-31-23-40(24-32-44)48-16-12-15-47(50(48)52-2)39-21-29-43(30-22-39)55-35-9-5-3-7-33-53-41-25-17-37(45)18-26-41/h11-32,51-52H,33-36H2,1-2H3. The lowest BCUT2D eigenvalue weighted by Crippen LogP contribution is -1.97. The van der Waals surface area contributed by atoms with Crippen LogP contribution >= 0.6 is 0 Å². The highest BCUT2D eigenvalue weighted by Crippen LogP contribution is 2.39. The SMILES string of the molecule is CNc1c2cccc1-c1ccc(cc1)OCC#CC#CCOc1ccc(cc1)-c1cccc(c1NC)-c1ccc(cc1)OCC#CC#CCOc1ccc-2cc1. The summed E-state index contributed by atoms with van der Waals surface area (Å²) >= 11 is 0. The van der Waals surface area contributed by atoms with Crippen molar-refractivity contribution in [3.8, 4) is 115 Å². The molecule has 6 aromatic rings. The molecule has 0 unspecified atom stereocenters. The number of rotatable bonds is 2. The van der Waals surface area contributed by atoms with Crippen LogP contribution in [0.4, 0.5) is 11.4 Å². The van der Waals surface area contributed by atoms with Crippen LogP contribution in [0, 0.1) is 47.4 Å². The molecule has 7 aliphatic rings. The van der Waals surface area contributed by atoms with E-state index in [-0.39, 0.29) is 26.4 Å². The molecule has 7 heterocycles. The lowest BCUT2D eigenvalue weighted by molar-refractivity contribution is 0.370. The van der Waals surface area contributed by atoms with Gasteiger partial charge in [-0.15, -0.1) is 0 Å². The van der Waals surface area contributed by atoms with Gasteiger partial charge in [0.25, 0.3) is 0 Å². The zero-order chi connectivity index (χ0) is 38.4. The van der Waals surface area contributed by atoms with Gasteiger partial charge in [0.2, 0.25) is 0 Å². The fourth-order valence-electron chi connectivity index (χ4n) is 6.33. The molecule has 56 heavy (non-hydrogen) atoms. The van der Waals surface area contributed by atoms with E-state index in [2.05, 4.69) is 94.4 Å². The molecule has 6 nitrogen and oxygen atoms in total. The molecule has 0 amide bonds. The summed E-state index contributed by atoms with van der Waals surface area (Å²) < 4.78 is 23.4. The van der Waals surface area contributed by atoms with Crippen molar-refractivity contribution in [1.82, 2.24) is 0 Å². The van der Waals surface area contributed by atoms with Gasteiger partial charge in [0.1, 0.15) is 49.4 Å². The van der Waals surface area contributed by atoms with Crippen molar-refractivity contribution >= 4 is 11.4 Å². The Balaban J connectivity index is 1.10. The molecule has 2 N–H and O–H groups in total. The third-order valence-corrected chi connectivity index (χ3v) is 9.01. The van der Waals surface area contributed by atoms with Gasteiger partial charge in [-0.3, -0.25) is 0 Å². The third-order valence-electron chi connectivity index (χ3n) is 9.01. The summed E-state index contributed by atoms with van der Waals surface area (Å²) in [6.07, 6.45) is 0. The van der Waals surface area contributed by atoms with Crippen LogP contribution in [0.3, 0.4) is 0 Å². The molecule has 12 bridgehead atoms. The van der Waals surface area contributed by atoms with E-state index in [0.717, 1.165) is 78.9 Å². The van der Waals surface area contributed by atoms with Gasteiger partial charge in [-0.2, -0.15) is 0 Å². The molecule has 0 saturated heterocycles. The molecule has 0 aromatic heterocycles. The van der Waals surface area contributed by atoms with Crippen molar-refractivity contribution in [2.24, 2.45) is 0 Å². The van der Waals surface area contributed by atoms with Crippen molar-refractivity contribution in [3.63, 3.8) is 0 Å². The minimum atomic E-state index is 0.226. The first-order valence-corrected chi connectivity index (χ1v) is 18.2. The van der Waals surface area contributed by atoms with E-state index >= 15 is 0 Å². The fourth-order valence-corrected chi connectivity index (χ4v) is 6.33. The largest absolute Gasteiger partial charge is 0.481 e. The van der Waals surface area contributed by atoms with Crippen LogP contribution in [0.1, 0.15) is 0 Å². The smallest absolute Gasteiger partial charge is 0.150 e. The molecule has 13 rings (SSSR count). The first-order chi connectivity index (χ1) is 27.7. The summed E-state index contributed by atoms with van der Waals surface area (Å²) in [5.41, 5.74) is 10.6. The lowest BCUT2D eigenvalue weighted by Gasteiger charge is -2.16. The third kappa shape index (κ3) is 9.10. The van der Waals surface area contributed by atoms with Gasteiger partial charge in [0, 0.05) is 47.7 Å². The highest BCUT2D eigenvalue weighted by Gasteiger charge is 2.13. The van der Waals surface area contributed by atoms with Gasteiger partial charge in [-0.25, -0.2) is 0 Å². The van der Waals surface area contributed by atoms with Crippen molar-refractivity contribution in [1.29, 1.82) is 0 Å². The summed E-state index contributed by atoms with van der Waals surface area (Å²) in [6, 6.07) is 44.5. The van der Waals surface area contributed by atoms with E-state index in [9.17, 15) is 0 Å². The molecule has 6 aromatic carbocycles. The minimum Gasteiger partial charge on any atom is -0.481 e. The summed E-state index contributed by atoms with van der Waals surface area (Å²) in [4.78, 5) is 0. The number of para-hydroxylation sites is 2. The van der Waals surface area contributed by atoms with Gasteiger partial charge in [0.15, 0.2) is 0 Å². The molecule has 0 spiro atoms. The van der Waals surface area contributed by atoms with Crippen LogP contribution in [0.2, 0.25) is 0 Å². The number of anilines is 2. The van der Waals surface area contributed by atoms with Gasteiger partial charge in [-0.05, 0) is 118 Å². The molecular formula is C50H38N2O4. The Morgan fingerprint density at radius 3 is 0.786 bits per heavy atom. The van der Waals surface area contributed by atoms with Crippen LogP contribution < -0.4 is 29.6 Å². The fraction of sp³-hybridized carbons (Fsp3) is 0.120. The minimum absolute atomic E-state index is 0.226. The molecular weight excluding hydrogens is 693 g/mol. The normalized spacial score (nSPS) is 12.0. The number of benzene rings is 6. The van der Waals surface area contributed by atoms with Crippen molar-refractivity contribution < 1.29 is 18.9 Å². The number of nitrogens with one attached hydrogen (secondary N) is 2.